The zero-order valence-corrected chi connectivity index (χ0v) is 14.7. The van der Waals surface area contributed by atoms with Gasteiger partial charge in [0.1, 0.15) is 18.0 Å². The van der Waals surface area contributed by atoms with Crippen LogP contribution in [0.5, 0.6) is 5.75 Å². The number of hydrogen-bond acceptors (Lipinski definition) is 6. The number of nitro benzene ring substituents is 1. The number of aromatic nitrogens is 2. The van der Waals surface area contributed by atoms with Crippen LogP contribution >= 0.6 is 11.6 Å². The average Bonchev–Trinajstić information content (AvgIpc) is 3.47. The van der Waals surface area contributed by atoms with Crippen molar-refractivity contribution >= 4 is 39.7 Å². The third-order valence-electron chi connectivity index (χ3n) is 4.27. The van der Waals surface area contributed by atoms with E-state index in [9.17, 15) is 14.5 Å². The number of rotatable bonds is 6. The van der Waals surface area contributed by atoms with Gasteiger partial charge in [0.25, 0.3) is 0 Å². The van der Waals surface area contributed by atoms with Gasteiger partial charge in [-0.05, 0) is 37.0 Å². The maximum absolute atomic E-state index is 13.3. The molecule has 0 bridgehead atoms. The van der Waals surface area contributed by atoms with Crippen LogP contribution in [0, 0.1) is 21.8 Å². The summed E-state index contributed by atoms with van der Waals surface area (Å²) in [7, 11) is 0. The Bertz CT molecular complexity index is 1040. The first-order valence-corrected chi connectivity index (χ1v) is 8.67. The summed E-state index contributed by atoms with van der Waals surface area (Å²) in [6.45, 7) is 0.455. The van der Waals surface area contributed by atoms with Crippen LogP contribution in [0.3, 0.4) is 0 Å². The molecule has 1 aliphatic carbocycles. The predicted octanol–water partition coefficient (Wildman–Crippen LogP) is 4.86. The van der Waals surface area contributed by atoms with E-state index >= 15 is 0 Å². The van der Waals surface area contributed by atoms with Crippen molar-refractivity contribution < 1.29 is 14.1 Å². The normalized spacial score (nSPS) is 13.6. The molecule has 9 heteroatoms. The highest BCUT2D eigenvalue weighted by Crippen LogP contribution is 2.37. The fourth-order valence-corrected chi connectivity index (χ4v) is 2.81. The number of nitrogens with zero attached hydrogens (tertiary/aromatic N) is 3. The molecule has 3 aromatic rings. The van der Waals surface area contributed by atoms with E-state index in [-0.39, 0.29) is 16.5 Å². The van der Waals surface area contributed by atoms with Crippen LogP contribution in [0.2, 0.25) is 5.02 Å². The number of ether oxygens (including phenoxy) is 1. The molecule has 4 rings (SSSR count). The molecule has 1 N–H and O–H groups in total. The van der Waals surface area contributed by atoms with Crippen molar-refractivity contribution in [2.75, 3.05) is 11.9 Å². The monoisotopic (exact) mass is 388 g/mol. The summed E-state index contributed by atoms with van der Waals surface area (Å²) < 4.78 is 19.0. The number of halogens is 2. The smallest absolute Gasteiger partial charge is 0.311 e. The molecule has 1 heterocycles. The molecule has 1 fully saturated rings. The second-order valence-electron chi connectivity index (χ2n) is 6.32. The van der Waals surface area contributed by atoms with Crippen molar-refractivity contribution in [2.24, 2.45) is 5.92 Å². The Kier molecular flexibility index (Phi) is 4.49. The number of hydrogen-bond donors (Lipinski definition) is 1. The summed E-state index contributed by atoms with van der Waals surface area (Å²) in [5.41, 5.74) is 0.841. The zero-order chi connectivity index (χ0) is 19.0. The van der Waals surface area contributed by atoms with E-state index in [1.54, 1.807) is 6.07 Å². The maximum Gasteiger partial charge on any atom is 0.311 e. The van der Waals surface area contributed by atoms with Gasteiger partial charge >= 0.3 is 5.69 Å². The quantitative estimate of drug-likeness (QED) is 0.479. The van der Waals surface area contributed by atoms with Crippen LogP contribution in [0.15, 0.2) is 36.7 Å². The molecule has 0 saturated heterocycles. The lowest BCUT2D eigenvalue weighted by Gasteiger charge is -2.11. The van der Waals surface area contributed by atoms with E-state index in [2.05, 4.69) is 15.3 Å². The number of anilines is 2. The Balaban J connectivity index is 1.73. The lowest BCUT2D eigenvalue weighted by atomic mass is 10.2. The number of nitro groups is 1. The standard InChI is InChI=1S/C18H14ClFN4O3/c19-13-5-11(3-4-14(13)20)23-18-12-6-16(24(25)26)17(27-8-10-1-2-10)7-15(12)21-9-22-18/h3-7,9-10H,1-2,8H2,(H,21,22,23). The molecule has 27 heavy (non-hydrogen) atoms. The third-order valence-corrected chi connectivity index (χ3v) is 4.56. The highest BCUT2D eigenvalue weighted by Gasteiger charge is 2.25. The van der Waals surface area contributed by atoms with Crippen LogP contribution in [0.25, 0.3) is 10.9 Å². The van der Waals surface area contributed by atoms with Gasteiger partial charge in [0.05, 0.1) is 27.5 Å². The molecule has 0 unspecified atom stereocenters. The molecule has 0 radical (unpaired) electrons. The van der Waals surface area contributed by atoms with Crippen molar-refractivity contribution in [3.05, 3.63) is 57.6 Å². The molecule has 1 saturated carbocycles. The number of fused-ring (bicyclic) bond motifs is 1. The van der Waals surface area contributed by atoms with Gasteiger partial charge in [-0.15, -0.1) is 0 Å². The molecule has 2 aromatic carbocycles. The molecule has 138 valence electrons. The average molecular weight is 389 g/mol. The van der Waals surface area contributed by atoms with Gasteiger partial charge in [-0.2, -0.15) is 0 Å². The first-order chi connectivity index (χ1) is 13.0. The minimum atomic E-state index is -0.539. The Labute approximate surface area is 158 Å². The highest BCUT2D eigenvalue weighted by atomic mass is 35.5. The predicted molar refractivity (Wildman–Crippen MR) is 99.1 cm³/mol. The van der Waals surface area contributed by atoms with Gasteiger partial charge in [0, 0.05) is 17.8 Å². The third kappa shape index (κ3) is 3.75. The SMILES string of the molecule is O=[N+]([O-])c1cc2c(Nc3ccc(F)c(Cl)c3)ncnc2cc1OCC1CC1. The van der Waals surface area contributed by atoms with E-state index in [0.29, 0.717) is 34.9 Å². The Morgan fingerprint density at radius 1 is 1.30 bits per heavy atom. The molecular weight excluding hydrogens is 375 g/mol. The topological polar surface area (TPSA) is 90.2 Å². The minimum Gasteiger partial charge on any atom is -0.486 e. The molecular formula is C18H14ClFN4O3. The summed E-state index contributed by atoms with van der Waals surface area (Å²) in [6.07, 6.45) is 3.50. The maximum atomic E-state index is 13.3. The summed E-state index contributed by atoms with van der Waals surface area (Å²) in [4.78, 5) is 19.3. The van der Waals surface area contributed by atoms with Gasteiger partial charge < -0.3 is 10.1 Å². The number of nitrogens with one attached hydrogen (secondary N) is 1. The summed E-state index contributed by atoms with van der Waals surface area (Å²) in [5, 5.41) is 14.9. The first kappa shape index (κ1) is 17.4. The molecule has 0 spiro atoms. The summed E-state index contributed by atoms with van der Waals surface area (Å²) in [6, 6.07) is 7.05. The lowest BCUT2D eigenvalue weighted by molar-refractivity contribution is -0.385. The van der Waals surface area contributed by atoms with E-state index < -0.39 is 10.7 Å². The van der Waals surface area contributed by atoms with Crippen LogP contribution in [0.1, 0.15) is 12.8 Å². The van der Waals surface area contributed by atoms with Crippen LogP contribution in [-0.4, -0.2) is 21.5 Å². The molecule has 0 atom stereocenters. The minimum absolute atomic E-state index is 0.0416. The lowest BCUT2D eigenvalue weighted by Crippen LogP contribution is -2.03. The van der Waals surface area contributed by atoms with Crippen molar-refractivity contribution in [2.45, 2.75) is 12.8 Å². The van der Waals surface area contributed by atoms with Gasteiger partial charge in [0.2, 0.25) is 0 Å². The van der Waals surface area contributed by atoms with Gasteiger partial charge in [-0.25, -0.2) is 14.4 Å². The van der Waals surface area contributed by atoms with E-state index in [1.807, 2.05) is 0 Å². The van der Waals surface area contributed by atoms with E-state index in [1.165, 1.54) is 30.6 Å². The van der Waals surface area contributed by atoms with Crippen LogP contribution in [0.4, 0.5) is 21.6 Å². The second-order valence-corrected chi connectivity index (χ2v) is 6.73. The Hall–Kier alpha value is -3.00. The summed E-state index contributed by atoms with van der Waals surface area (Å²) in [5.74, 6) is 0.461. The second kappa shape index (κ2) is 6.96. The fourth-order valence-electron chi connectivity index (χ4n) is 2.63. The Morgan fingerprint density at radius 2 is 2.11 bits per heavy atom. The van der Waals surface area contributed by atoms with E-state index in [4.69, 9.17) is 16.3 Å². The first-order valence-electron chi connectivity index (χ1n) is 8.29. The van der Waals surface area contributed by atoms with Gasteiger partial charge in [-0.3, -0.25) is 10.1 Å². The molecule has 1 aromatic heterocycles. The van der Waals surface area contributed by atoms with Gasteiger partial charge in [0.15, 0.2) is 5.75 Å². The molecule has 7 nitrogen and oxygen atoms in total. The van der Waals surface area contributed by atoms with Gasteiger partial charge in [-0.1, -0.05) is 11.6 Å². The fraction of sp³-hybridized carbons (Fsp3) is 0.222. The Morgan fingerprint density at radius 3 is 2.81 bits per heavy atom. The molecule has 0 amide bonds. The summed E-state index contributed by atoms with van der Waals surface area (Å²) >= 11 is 5.80. The van der Waals surface area contributed by atoms with Crippen molar-refractivity contribution in [3.8, 4) is 5.75 Å². The van der Waals surface area contributed by atoms with E-state index in [0.717, 1.165) is 12.8 Å². The van der Waals surface area contributed by atoms with Crippen LogP contribution in [-0.2, 0) is 0 Å². The number of benzene rings is 2. The van der Waals surface area contributed by atoms with Crippen molar-refractivity contribution in [1.29, 1.82) is 0 Å². The largest absolute Gasteiger partial charge is 0.486 e. The van der Waals surface area contributed by atoms with Crippen molar-refractivity contribution in [1.82, 2.24) is 9.97 Å². The zero-order valence-electron chi connectivity index (χ0n) is 14.0. The van der Waals surface area contributed by atoms with Crippen molar-refractivity contribution in [3.63, 3.8) is 0 Å². The highest BCUT2D eigenvalue weighted by molar-refractivity contribution is 6.31. The van der Waals surface area contributed by atoms with Crippen LogP contribution < -0.4 is 10.1 Å². The molecule has 0 aliphatic heterocycles. The molecule has 1 aliphatic rings.